The van der Waals surface area contributed by atoms with Crippen LogP contribution in [-0.4, -0.2) is 11.8 Å². The number of hydrogen-bond donors (Lipinski definition) is 2. The van der Waals surface area contributed by atoms with Crippen molar-refractivity contribution >= 4 is 23.2 Å². The summed E-state index contributed by atoms with van der Waals surface area (Å²) in [5.74, 6) is -0.381. The minimum absolute atomic E-state index is 0.0725. The van der Waals surface area contributed by atoms with Gasteiger partial charge in [0.25, 0.3) is 5.91 Å². The summed E-state index contributed by atoms with van der Waals surface area (Å²) in [6, 6.07) is 12.7. The molecule has 0 aliphatic rings. The molecular formula is C19H22N2O2. The highest BCUT2D eigenvalue weighted by atomic mass is 16.2. The van der Waals surface area contributed by atoms with Gasteiger partial charge < -0.3 is 10.6 Å². The summed E-state index contributed by atoms with van der Waals surface area (Å²) < 4.78 is 0. The van der Waals surface area contributed by atoms with E-state index in [2.05, 4.69) is 10.6 Å². The Hall–Kier alpha value is -2.62. The van der Waals surface area contributed by atoms with Crippen LogP contribution >= 0.6 is 0 Å². The smallest absolute Gasteiger partial charge is 0.255 e. The second-order valence-electron chi connectivity index (χ2n) is 5.98. The highest BCUT2D eigenvalue weighted by Crippen LogP contribution is 2.17. The van der Waals surface area contributed by atoms with Gasteiger partial charge in [0.1, 0.15) is 0 Å². The molecule has 0 saturated carbocycles. The fraction of sp³-hybridized carbons (Fsp3) is 0.263. The third kappa shape index (κ3) is 4.42. The number of benzene rings is 2. The molecule has 2 rings (SSSR count). The Balaban J connectivity index is 2.13. The lowest BCUT2D eigenvalue weighted by atomic mass is 10.1. The molecule has 0 saturated heterocycles. The number of nitrogens with one attached hydrogen (secondary N) is 2. The topological polar surface area (TPSA) is 58.2 Å². The third-order valence-electron chi connectivity index (χ3n) is 3.68. The van der Waals surface area contributed by atoms with Crippen LogP contribution in [-0.2, 0) is 4.79 Å². The van der Waals surface area contributed by atoms with Gasteiger partial charge in [-0.05, 0) is 55.3 Å². The average Bonchev–Trinajstić information content (AvgIpc) is 2.51. The molecule has 23 heavy (non-hydrogen) atoms. The van der Waals surface area contributed by atoms with Crippen LogP contribution < -0.4 is 10.6 Å². The van der Waals surface area contributed by atoms with Crippen molar-refractivity contribution in [1.29, 1.82) is 0 Å². The molecule has 0 fully saturated rings. The average molecular weight is 310 g/mol. The fourth-order valence-corrected chi connectivity index (χ4v) is 2.05. The lowest BCUT2D eigenvalue weighted by molar-refractivity contribution is -0.118. The molecule has 0 heterocycles. The first-order valence-electron chi connectivity index (χ1n) is 7.66. The zero-order valence-electron chi connectivity index (χ0n) is 13.9. The molecular weight excluding hydrogens is 288 g/mol. The Morgan fingerprint density at radius 1 is 0.870 bits per heavy atom. The van der Waals surface area contributed by atoms with Crippen LogP contribution in [0, 0.1) is 19.8 Å². The van der Waals surface area contributed by atoms with Crippen molar-refractivity contribution in [3.8, 4) is 0 Å². The zero-order chi connectivity index (χ0) is 17.0. The molecule has 0 aliphatic carbocycles. The lowest BCUT2D eigenvalue weighted by Crippen LogP contribution is -2.18. The number of amides is 2. The lowest BCUT2D eigenvalue weighted by Gasteiger charge is -2.10. The molecule has 0 spiro atoms. The Morgan fingerprint density at radius 2 is 1.57 bits per heavy atom. The molecule has 120 valence electrons. The number of rotatable bonds is 4. The van der Waals surface area contributed by atoms with E-state index in [0.717, 1.165) is 11.3 Å². The van der Waals surface area contributed by atoms with Crippen LogP contribution in [0.25, 0.3) is 0 Å². The second kappa shape index (κ2) is 7.09. The van der Waals surface area contributed by atoms with Crippen molar-refractivity contribution in [2.45, 2.75) is 27.7 Å². The summed E-state index contributed by atoms with van der Waals surface area (Å²) in [5.41, 5.74) is 4.19. The molecule has 0 aliphatic heterocycles. The maximum Gasteiger partial charge on any atom is 0.255 e. The molecule has 2 aromatic rings. The van der Waals surface area contributed by atoms with Crippen molar-refractivity contribution in [2.24, 2.45) is 5.92 Å². The summed E-state index contributed by atoms with van der Waals surface area (Å²) in [4.78, 5) is 24.1. The van der Waals surface area contributed by atoms with Gasteiger partial charge in [0.05, 0.1) is 0 Å². The Bertz CT molecular complexity index is 736. The van der Waals surface area contributed by atoms with Crippen molar-refractivity contribution in [3.63, 3.8) is 0 Å². The van der Waals surface area contributed by atoms with Gasteiger partial charge in [-0.25, -0.2) is 0 Å². The zero-order valence-corrected chi connectivity index (χ0v) is 13.9. The van der Waals surface area contributed by atoms with Crippen molar-refractivity contribution in [1.82, 2.24) is 0 Å². The minimum Gasteiger partial charge on any atom is -0.326 e. The van der Waals surface area contributed by atoms with Gasteiger partial charge in [-0.3, -0.25) is 9.59 Å². The van der Waals surface area contributed by atoms with Crippen LogP contribution in [0.1, 0.15) is 35.3 Å². The van der Waals surface area contributed by atoms with E-state index in [1.807, 2.05) is 45.9 Å². The first-order valence-corrected chi connectivity index (χ1v) is 7.66. The summed E-state index contributed by atoms with van der Waals surface area (Å²) >= 11 is 0. The maximum atomic E-state index is 12.4. The van der Waals surface area contributed by atoms with Crippen LogP contribution in [0.5, 0.6) is 0 Å². The Kier molecular flexibility index (Phi) is 5.16. The maximum absolute atomic E-state index is 12.4. The molecule has 2 aromatic carbocycles. The van der Waals surface area contributed by atoms with E-state index in [9.17, 15) is 9.59 Å². The summed E-state index contributed by atoms with van der Waals surface area (Å²) in [6.45, 7) is 7.69. The van der Waals surface area contributed by atoms with E-state index in [1.54, 1.807) is 24.3 Å². The fourth-order valence-electron chi connectivity index (χ4n) is 2.05. The normalized spacial score (nSPS) is 10.5. The number of aryl methyl sites for hydroxylation is 2. The molecule has 0 unspecified atom stereocenters. The largest absolute Gasteiger partial charge is 0.326 e. The van der Waals surface area contributed by atoms with Gasteiger partial charge >= 0.3 is 0 Å². The van der Waals surface area contributed by atoms with Gasteiger partial charge in [-0.2, -0.15) is 0 Å². The minimum atomic E-state index is -0.200. The van der Waals surface area contributed by atoms with Crippen molar-refractivity contribution in [3.05, 3.63) is 59.2 Å². The van der Waals surface area contributed by atoms with Gasteiger partial charge in [-0.15, -0.1) is 0 Å². The Labute approximate surface area is 136 Å². The van der Waals surface area contributed by atoms with E-state index in [1.165, 1.54) is 5.56 Å². The molecule has 2 amide bonds. The van der Waals surface area contributed by atoms with Gasteiger partial charge in [-0.1, -0.05) is 26.0 Å². The molecule has 0 aromatic heterocycles. The van der Waals surface area contributed by atoms with E-state index in [-0.39, 0.29) is 17.7 Å². The predicted molar refractivity (Wildman–Crippen MR) is 93.8 cm³/mol. The number of carbonyl (C=O) groups excluding carboxylic acids is 2. The van der Waals surface area contributed by atoms with Crippen molar-refractivity contribution in [2.75, 3.05) is 10.6 Å². The van der Waals surface area contributed by atoms with Crippen LogP contribution in [0.3, 0.4) is 0 Å². The number of anilines is 2. The standard InChI is InChI=1S/C19H22N2O2/c1-12(2)18(22)20-16-7-5-6-15(11-16)19(23)21-17-9-8-13(3)14(4)10-17/h5-12H,1-4H3,(H,20,22)(H,21,23). The molecule has 4 heteroatoms. The van der Waals surface area contributed by atoms with Crippen molar-refractivity contribution < 1.29 is 9.59 Å². The van der Waals surface area contributed by atoms with Crippen LogP contribution in [0.4, 0.5) is 11.4 Å². The van der Waals surface area contributed by atoms with Gasteiger partial charge in [0.15, 0.2) is 0 Å². The van der Waals surface area contributed by atoms with Gasteiger partial charge in [0, 0.05) is 22.9 Å². The van der Waals surface area contributed by atoms with E-state index >= 15 is 0 Å². The summed E-state index contributed by atoms with van der Waals surface area (Å²) in [5, 5.41) is 5.68. The van der Waals surface area contributed by atoms with E-state index in [0.29, 0.717) is 11.3 Å². The number of carbonyl (C=O) groups is 2. The molecule has 0 atom stereocenters. The summed E-state index contributed by atoms with van der Waals surface area (Å²) in [6.07, 6.45) is 0. The highest BCUT2D eigenvalue weighted by molar-refractivity contribution is 6.05. The SMILES string of the molecule is Cc1ccc(NC(=O)c2cccc(NC(=O)C(C)C)c2)cc1C. The molecule has 0 bridgehead atoms. The molecule has 2 N–H and O–H groups in total. The van der Waals surface area contributed by atoms with Crippen LogP contribution in [0.15, 0.2) is 42.5 Å². The molecule has 0 radical (unpaired) electrons. The van der Waals surface area contributed by atoms with Gasteiger partial charge in [0.2, 0.25) is 5.91 Å². The monoisotopic (exact) mass is 310 g/mol. The highest BCUT2D eigenvalue weighted by Gasteiger charge is 2.10. The quantitative estimate of drug-likeness (QED) is 0.891. The second-order valence-corrected chi connectivity index (χ2v) is 5.98. The van der Waals surface area contributed by atoms with E-state index < -0.39 is 0 Å². The predicted octanol–water partition coefficient (Wildman–Crippen LogP) is 4.15. The number of hydrogen-bond acceptors (Lipinski definition) is 2. The molecule has 4 nitrogen and oxygen atoms in total. The first kappa shape index (κ1) is 16.7. The first-order chi connectivity index (χ1) is 10.9. The van der Waals surface area contributed by atoms with Crippen LogP contribution in [0.2, 0.25) is 0 Å². The summed E-state index contributed by atoms with van der Waals surface area (Å²) in [7, 11) is 0. The van der Waals surface area contributed by atoms with E-state index in [4.69, 9.17) is 0 Å². The Morgan fingerprint density at radius 3 is 2.22 bits per heavy atom. The third-order valence-corrected chi connectivity index (χ3v) is 3.68.